The van der Waals surface area contributed by atoms with Gasteiger partial charge in [0, 0.05) is 12.0 Å². The summed E-state index contributed by atoms with van der Waals surface area (Å²) < 4.78 is 28.6. The molecular weight excluding hydrogens is 372 g/mol. The van der Waals surface area contributed by atoms with Gasteiger partial charge in [0.15, 0.2) is 15.6 Å². The molecule has 0 bridgehead atoms. The molecule has 0 spiro atoms. The second-order valence-corrected chi connectivity index (χ2v) is 10.1. The molecule has 0 amide bonds. The van der Waals surface area contributed by atoms with Crippen LogP contribution in [0.1, 0.15) is 42.1 Å². The van der Waals surface area contributed by atoms with Crippen LogP contribution in [-0.2, 0) is 22.7 Å². The average molecular weight is 395 g/mol. The predicted molar refractivity (Wildman–Crippen MR) is 100 cm³/mol. The number of thioether (sulfide) groups is 1. The molecule has 2 aromatic rings. The maximum atomic E-state index is 12.5. The summed E-state index contributed by atoms with van der Waals surface area (Å²) in [6, 6.07) is 7.62. The van der Waals surface area contributed by atoms with Crippen LogP contribution in [0.4, 0.5) is 0 Å². The Labute approximate surface area is 157 Å². The van der Waals surface area contributed by atoms with Gasteiger partial charge in [-0.25, -0.2) is 8.42 Å². The molecule has 1 aromatic carbocycles. The molecule has 0 aliphatic carbocycles. The van der Waals surface area contributed by atoms with E-state index in [-0.39, 0.29) is 28.5 Å². The van der Waals surface area contributed by atoms with E-state index in [0.717, 1.165) is 6.42 Å². The molecule has 1 saturated heterocycles. The number of carbonyl (C=O) groups is 1. The van der Waals surface area contributed by atoms with Crippen molar-refractivity contribution in [3.8, 4) is 0 Å². The third kappa shape index (κ3) is 4.73. The number of benzene rings is 1. The zero-order valence-corrected chi connectivity index (χ0v) is 16.5. The minimum atomic E-state index is -2.91. The topological polar surface area (TPSA) is 90.1 Å². The van der Waals surface area contributed by atoms with Crippen LogP contribution in [0.25, 0.3) is 0 Å². The number of carbonyl (C=O) groups excluding carboxylic acids is 1. The summed E-state index contributed by atoms with van der Waals surface area (Å²) in [4.78, 5) is 12.5. The van der Waals surface area contributed by atoms with Crippen molar-refractivity contribution in [2.75, 3.05) is 11.5 Å². The number of ketones is 1. The Kier molecular flexibility index (Phi) is 5.82. The molecule has 2 atom stereocenters. The maximum Gasteiger partial charge on any atom is 0.277 e. The van der Waals surface area contributed by atoms with Crippen molar-refractivity contribution in [1.82, 2.24) is 10.2 Å². The van der Waals surface area contributed by atoms with Crippen LogP contribution < -0.4 is 0 Å². The number of nitrogens with zero attached hydrogens (tertiary/aromatic N) is 2. The first kappa shape index (κ1) is 19.1. The van der Waals surface area contributed by atoms with Gasteiger partial charge in [-0.05, 0) is 31.2 Å². The highest BCUT2D eigenvalue weighted by Gasteiger charge is 2.29. The van der Waals surface area contributed by atoms with Crippen LogP contribution >= 0.6 is 11.8 Å². The summed E-state index contributed by atoms with van der Waals surface area (Å²) >= 11 is 1.23. The van der Waals surface area contributed by atoms with Crippen molar-refractivity contribution in [2.24, 2.45) is 5.92 Å². The average Bonchev–Trinajstić information content (AvgIpc) is 3.20. The lowest BCUT2D eigenvalue weighted by molar-refractivity contribution is 0.0993. The van der Waals surface area contributed by atoms with Crippen molar-refractivity contribution in [3.63, 3.8) is 0 Å². The third-order valence-electron chi connectivity index (χ3n) is 4.53. The molecule has 0 N–H and O–H groups in total. The van der Waals surface area contributed by atoms with E-state index in [9.17, 15) is 13.2 Å². The summed E-state index contributed by atoms with van der Waals surface area (Å²) in [5, 5.41) is 7.97. The van der Waals surface area contributed by atoms with Crippen molar-refractivity contribution < 1.29 is 17.6 Å². The Morgan fingerprint density at radius 2 is 2.04 bits per heavy atom. The minimum absolute atomic E-state index is 0.0132. The van der Waals surface area contributed by atoms with Crippen molar-refractivity contribution in [3.05, 3.63) is 41.3 Å². The number of sulfone groups is 1. The van der Waals surface area contributed by atoms with Crippen LogP contribution in [0.3, 0.4) is 0 Å². The highest BCUT2D eigenvalue weighted by Crippen LogP contribution is 2.27. The molecule has 1 aromatic heterocycles. The van der Waals surface area contributed by atoms with E-state index in [1.807, 2.05) is 31.2 Å². The molecule has 0 radical (unpaired) electrons. The molecule has 1 fully saturated rings. The number of Topliss-reactive ketones (excluding diaryl/α,β-unsaturated/α-hetero) is 1. The van der Waals surface area contributed by atoms with Gasteiger partial charge in [0.25, 0.3) is 5.22 Å². The SMILES string of the molecule is CCc1ccc(C(=O)[C@H](C)Sc2nnc(C[C@@H]3CCS(=O)(=O)C3)o2)cc1. The molecule has 0 saturated carbocycles. The first-order chi connectivity index (χ1) is 12.4. The summed E-state index contributed by atoms with van der Waals surface area (Å²) in [6.45, 7) is 3.89. The molecule has 140 valence electrons. The first-order valence-electron chi connectivity index (χ1n) is 8.69. The lowest BCUT2D eigenvalue weighted by Gasteiger charge is -2.08. The lowest BCUT2D eigenvalue weighted by atomic mass is 10.1. The van der Waals surface area contributed by atoms with Gasteiger partial charge < -0.3 is 4.42 Å². The quantitative estimate of drug-likeness (QED) is 0.527. The molecule has 2 heterocycles. The molecule has 1 aliphatic heterocycles. The van der Waals surface area contributed by atoms with Gasteiger partial charge in [0.05, 0.1) is 16.8 Å². The number of aryl methyl sites for hydroxylation is 1. The van der Waals surface area contributed by atoms with E-state index in [2.05, 4.69) is 17.1 Å². The second kappa shape index (κ2) is 7.92. The van der Waals surface area contributed by atoms with Crippen LogP contribution in [0.5, 0.6) is 0 Å². The second-order valence-electron chi connectivity index (χ2n) is 6.61. The molecule has 3 rings (SSSR count). The number of aromatic nitrogens is 2. The van der Waals surface area contributed by atoms with E-state index in [0.29, 0.717) is 29.5 Å². The number of hydrogen-bond acceptors (Lipinski definition) is 7. The van der Waals surface area contributed by atoms with Gasteiger partial charge in [-0.15, -0.1) is 10.2 Å². The molecule has 6 nitrogen and oxygen atoms in total. The number of hydrogen-bond donors (Lipinski definition) is 0. The van der Waals surface area contributed by atoms with E-state index >= 15 is 0 Å². The fraction of sp³-hybridized carbons (Fsp3) is 0.500. The van der Waals surface area contributed by atoms with Crippen molar-refractivity contribution in [1.29, 1.82) is 0 Å². The van der Waals surface area contributed by atoms with E-state index in [1.165, 1.54) is 17.3 Å². The fourth-order valence-electron chi connectivity index (χ4n) is 2.99. The van der Waals surface area contributed by atoms with Crippen LogP contribution in [0.15, 0.2) is 33.9 Å². The zero-order chi connectivity index (χ0) is 18.7. The minimum Gasteiger partial charge on any atom is -0.416 e. The van der Waals surface area contributed by atoms with Crippen molar-refractivity contribution in [2.45, 2.75) is 43.6 Å². The summed E-state index contributed by atoms with van der Waals surface area (Å²) in [6.07, 6.45) is 2.04. The van der Waals surface area contributed by atoms with E-state index in [1.54, 1.807) is 0 Å². The fourth-order valence-corrected chi connectivity index (χ4v) is 5.63. The molecule has 8 heteroatoms. The summed E-state index contributed by atoms with van der Waals surface area (Å²) in [5.41, 5.74) is 1.86. The van der Waals surface area contributed by atoms with E-state index < -0.39 is 9.84 Å². The van der Waals surface area contributed by atoms with Crippen LogP contribution in [0, 0.1) is 5.92 Å². The van der Waals surface area contributed by atoms with Gasteiger partial charge >= 0.3 is 0 Å². The van der Waals surface area contributed by atoms with Crippen LogP contribution in [-0.4, -0.2) is 41.2 Å². The largest absolute Gasteiger partial charge is 0.416 e. The smallest absolute Gasteiger partial charge is 0.277 e. The van der Waals surface area contributed by atoms with Gasteiger partial charge in [-0.1, -0.05) is 43.0 Å². The Hall–Kier alpha value is -1.67. The predicted octanol–water partition coefficient (Wildman–Crippen LogP) is 2.97. The highest BCUT2D eigenvalue weighted by molar-refractivity contribution is 8.00. The Balaban J connectivity index is 1.58. The molecule has 26 heavy (non-hydrogen) atoms. The van der Waals surface area contributed by atoms with Crippen LogP contribution in [0.2, 0.25) is 0 Å². The summed E-state index contributed by atoms with van der Waals surface area (Å²) in [5.74, 6) is 0.895. The normalized spacial score (nSPS) is 20.2. The Bertz CT molecular complexity index is 875. The van der Waals surface area contributed by atoms with E-state index in [4.69, 9.17) is 4.42 Å². The van der Waals surface area contributed by atoms with Crippen molar-refractivity contribution >= 4 is 27.4 Å². The first-order valence-corrected chi connectivity index (χ1v) is 11.4. The number of rotatable bonds is 7. The third-order valence-corrected chi connectivity index (χ3v) is 7.30. The summed E-state index contributed by atoms with van der Waals surface area (Å²) in [7, 11) is -2.91. The molecular formula is C18H22N2O4S2. The van der Waals surface area contributed by atoms with Gasteiger partial charge in [-0.3, -0.25) is 4.79 Å². The maximum absolute atomic E-state index is 12.5. The Morgan fingerprint density at radius 3 is 2.65 bits per heavy atom. The lowest BCUT2D eigenvalue weighted by Crippen LogP contribution is -2.13. The molecule has 0 unspecified atom stereocenters. The monoisotopic (exact) mass is 394 g/mol. The molecule has 1 aliphatic rings. The Morgan fingerprint density at radius 1 is 1.31 bits per heavy atom. The standard InChI is InChI=1S/C18H22N2O4S2/c1-3-13-4-6-15(7-5-13)17(21)12(2)25-18-20-19-16(24-18)10-14-8-9-26(22,23)11-14/h4-7,12,14H,3,8-11H2,1-2H3/t12-,14-/m0/s1. The zero-order valence-electron chi connectivity index (χ0n) is 14.8. The van der Waals surface area contributed by atoms with Gasteiger partial charge in [0.1, 0.15) is 0 Å². The highest BCUT2D eigenvalue weighted by atomic mass is 32.2. The van der Waals surface area contributed by atoms with Gasteiger partial charge in [-0.2, -0.15) is 0 Å². The van der Waals surface area contributed by atoms with Gasteiger partial charge in [0.2, 0.25) is 5.89 Å².